The molecule has 3 aromatic carbocycles. The number of amides is 1. The molecule has 154 valence electrons. The Morgan fingerprint density at radius 3 is 2.48 bits per heavy atom. The molecule has 1 heterocycles. The maximum atomic E-state index is 12.6. The number of rotatable bonds is 7. The van der Waals surface area contributed by atoms with Crippen molar-refractivity contribution in [1.29, 1.82) is 0 Å². The van der Waals surface area contributed by atoms with Gasteiger partial charge in [0.05, 0.1) is 5.75 Å². The number of hydrogen-bond donors (Lipinski definition) is 1. The van der Waals surface area contributed by atoms with Crippen molar-refractivity contribution in [3.05, 3.63) is 108 Å². The van der Waals surface area contributed by atoms with Crippen molar-refractivity contribution in [3.8, 4) is 5.69 Å². The Balaban J connectivity index is 1.48. The minimum atomic E-state index is -0.183. The van der Waals surface area contributed by atoms with E-state index in [1.165, 1.54) is 11.8 Å². The first-order valence-electron chi connectivity index (χ1n) is 9.83. The Bertz CT molecular complexity index is 1200. The molecule has 0 spiro atoms. The lowest BCUT2D eigenvalue weighted by Gasteiger charge is -2.10. The molecule has 0 aliphatic heterocycles. The number of benzene rings is 3. The van der Waals surface area contributed by atoms with E-state index in [1.807, 2.05) is 90.5 Å². The van der Waals surface area contributed by atoms with Gasteiger partial charge in [0.1, 0.15) is 0 Å². The third-order valence-corrected chi connectivity index (χ3v) is 5.70. The summed E-state index contributed by atoms with van der Waals surface area (Å²) in [6.07, 6.45) is 3.52. The summed E-state index contributed by atoms with van der Waals surface area (Å²) in [5, 5.41) is 3.59. The molecule has 0 unspecified atom stereocenters. The van der Waals surface area contributed by atoms with E-state index in [9.17, 15) is 9.59 Å². The average molecular weight is 428 g/mol. The molecule has 0 aliphatic rings. The number of nitrogens with one attached hydrogen (secondary N) is 1. The fourth-order valence-electron chi connectivity index (χ4n) is 3.07. The zero-order valence-electron chi connectivity index (χ0n) is 17.0. The van der Waals surface area contributed by atoms with Gasteiger partial charge in [-0.05, 0) is 37.3 Å². The van der Waals surface area contributed by atoms with Crippen molar-refractivity contribution < 1.29 is 9.59 Å². The number of aromatic nitrogens is 2. The van der Waals surface area contributed by atoms with Crippen LogP contribution in [0.4, 0.5) is 5.69 Å². The Morgan fingerprint density at radius 2 is 1.71 bits per heavy atom. The molecule has 0 radical (unpaired) electrons. The fraction of sp³-hybridized carbons (Fsp3) is 0.0800. The molecule has 0 fully saturated rings. The second kappa shape index (κ2) is 9.45. The van der Waals surface area contributed by atoms with E-state index in [4.69, 9.17) is 0 Å². The Hall–Kier alpha value is -3.64. The first kappa shape index (κ1) is 20.6. The van der Waals surface area contributed by atoms with Gasteiger partial charge in [0.15, 0.2) is 10.9 Å². The van der Waals surface area contributed by atoms with Crippen molar-refractivity contribution >= 4 is 29.1 Å². The predicted octanol–water partition coefficient (Wildman–Crippen LogP) is 5.41. The number of thioether (sulfide) groups is 1. The van der Waals surface area contributed by atoms with Gasteiger partial charge in [-0.3, -0.25) is 14.2 Å². The highest BCUT2D eigenvalue weighted by Gasteiger charge is 2.13. The largest absolute Gasteiger partial charge is 0.322 e. The van der Waals surface area contributed by atoms with E-state index >= 15 is 0 Å². The highest BCUT2D eigenvalue weighted by Crippen LogP contribution is 2.22. The molecule has 1 amide bonds. The lowest BCUT2D eigenvalue weighted by atomic mass is 10.1. The second-order valence-electron chi connectivity index (χ2n) is 7.03. The Labute approximate surface area is 185 Å². The number of para-hydroxylation sites is 1. The number of ketones is 1. The third kappa shape index (κ3) is 5.10. The molecular formula is C25H21N3O2S. The standard InChI is InChI=1S/C25H21N3O2S/c1-18-10-12-19(13-11-18)23(29)17-31-25-26-14-15-28(25)22-9-5-6-20(16-22)24(30)27-21-7-3-2-4-8-21/h2-16H,17H2,1H3,(H,27,30). The van der Waals surface area contributed by atoms with Crippen LogP contribution in [-0.4, -0.2) is 27.0 Å². The van der Waals surface area contributed by atoms with Gasteiger partial charge in [-0.15, -0.1) is 0 Å². The summed E-state index contributed by atoms with van der Waals surface area (Å²) in [6.45, 7) is 1.99. The summed E-state index contributed by atoms with van der Waals surface area (Å²) in [5.74, 6) is 0.154. The van der Waals surface area contributed by atoms with Crippen molar-refractivity contribution in [2.75, 3.05) is 11.1 Å². The molecule has 0 saturated carbocycles. The zero-order chi connectivity index (χ0) is 21.6. The van der Waals surface area contributed by atoms with Gasteiger partial charge in [0.25, 0.3) is 5.91 Å². The third-order valence-electron chi connectivity index (χ3n) is 4.73. The number of carbonyl (C=O) groups excluding carboxylic acids is 2. The highest BCUT2D eigenvalue weighted by atomic mass is 32.2. The van der Waals surface area contributed by atoms with E-state index in [-0.39, 0.29) is 17.4 Å². The van der Waals surface area contributed by atoms with E-state index in [2.05, 4.69) is 10.3 Å². The topological polar surface area (TPSA) is 64.0 Å². The number of anilines is 1. The van der Waals surface area contributed by atoms with E-state index in [0.717, 1.165) is 16.9 Å². The van der Waals surface area contributed by atoms with Crippen LogP contribution in [0, 0.1) is 6.92 Å². The molecular weight excluding hydrogens is 406 g/mol. The van der Waals surface area contributed by atoms with Gasteiger partial charge in [-0.2, -0.15) is 0 Å². The van der Waals surface area contributed by atoms with E-state index in [0.29, 0.717) is 16.3 Å². The average Bonchev–Trinajstić information content (AvgIpc) is 3.27. The molecule has 0 saturated heterocycles. The van der Waals surface area contributed by atoms with E-state index < -0.39 is 0 Å². The molecule has 0 aliphatic carbocycles. The lowest BCUT2D eigenvalue weighted by molar-refractivity contribution is 0.101. The van der Waals surface area contributed by atoms with Crippen LogP contribution in [-0.2, 0) is 0 Å². The lowest BCUT2D eigenvalue weighted by Crippen LogP contribution is -2.12. The smallest absolute Gasteiger partial charge is 0.255 e. The quantitative estimate of drug-likeness (QED) is 0.316. The summed E-state index contributed by atoms with van der Waals surface area (Å²) >= 11 is 1.37. The van der Waals surface area contributed by atoms with E-state index in [1.54, 1.807) is 12.3 Å². The van der Waals surface area contributed by atoms with Crippen LogP contribution in [0.5, 0.6) is 0 Å². The summed E-state index contributed by atoms with van der Waals surface area (Å²) in [5.41, 5.74) is 3.91. The predicted molar refractivity (Wildman–Crippen MR) is 124 cm³/mol. The van der Waals surface area contributed by atoms with Crippen LogP contribution in [0.15, 0.2) is 96.4 Å². The monoisotopic (exact) mass is 427 g/mol. The Kier molecular flexibility index (Phi) is 6.29. The first-order valence-corrected chi connectivity index (χ1v) is 10.8. The SMILES string of the molecule is Cc1ccc(C(=O)CSc2nccn2-c2cccc(C(=O)Nc3ccccc3)c2)cc1. The molecule has 4 rings (SSSR count). The zero-order valence-corrected chi connectivity index (χ0v) is 17.8. The second-order valence-corrected chi connectivity index (χ2v) is 7.97. The van der Waals surface area contributed by atoms with Crippen LogP contribution in [0.2, 0.25) is 0 Å². The van der Waals surface area contributed by atoms with Crippen LogP contribution < -0.4 is 5.32 Å². The van der Waals surface area contributed by atoms with Crippen molar-refractivity contribution in [1.82, 2.24) is 9.55 Å². The number of imidazole rings is 1. The minimum Gasteiger partial charge on any atom is -0.322 e. The van der Waals surface area contributed by atoms with Crippen LogP contribution in [0.25, 0.3) is 5.69 Å². The maximum absolute atomic E-state index is 12.6. The number of carbonyl (C=O) groups is 2. The number of hydrogen-bond acceptors (Lipinski definition) is 4. The van der Waals surface area contributed by atoms with Gasteiger partial charge in [-0.1, -0.05) is 65.9 Å². The van der Waals surface area contributed by atoms with Crippen molar-refractivity contribution in [2.24, 2.45) is 0 Å². The van der Waals surface area contributed by atoms with Crippen molar-refractivity contribution in [3.63, 3.8) is 0 Å². The molecule has 31 heavy (non-hydrogen) atoms. The Morgan fingerprint density at radius 1 is 0.935 bits per heavy atom. The van der Waals surface area contributed by atoms with Gasteiger partial charge in [0.2, 0.25) is 0 Å². The highest BCUT2D eigenvalue weighted by molar-refractivity contribution is 7.99. The first-order chi connectivity index (χ1) is 15.1. The maximum Gasteiger partial charge on any atom is 0.255 e. The fourth-order valence-corrected chi connectivity index (χ4v) is 3.94. The molecule has 5 nitrogen and oxygen atoms in total. The minimum absolute atomic E-state index is 0.0514. The molecule has 6 heteroatoms. The van der Waals surface area contributed by atoms with Gasteiger partial charge in [0, 0.05) is 34.9 Å². The summed E-state index contributed by atoms with van der Waals surface area (Å²) < 4.78 is 1.88. The van der Waals surface area contributed by atoms with Crippen LogP contribution in [0.1, 0.15) is 26.3 Å². The van der Waals surface area contributed by atoms with Gasteiger partial charge >= 0.3 is 0 Å². The van der Waals surface area contributed by atoms with Crippen LogP contribution >= 0.6 is 11.8 Å². The molecule has 0 atom stereocenters. The summed E-state index contributed by atoms with van der Waals surface area (Å²) in [6, 6.07) is 24.2. The van der Waals surface area contributed by atoms with Crippen LogP contribution in [0.3, 0.4) is 0 Å². The normalized spacial score (nSPS) is 10.6. The molecule has 0 bridgehead atoms. The molecule has 4 aromatic rings. The van der Waals surface area contributed by atoms with Crippen molar-refractivity contribution in [2.45, 2.75) is 12.1 Å². The number of aryl methyl sites for hydroxylation is 1. The summed E-state index contributed by atoms with van der Waals surface area (Å²) in [7, 11) is 0. The van der Waals surface area contributed by atoms with Gasteiger partial charge < -0.3 is 5.32 Å². The molecule has 1 N–H and O–H groups in total. The summed E-state index contributed by atoms with van der Waals surface area (Å²) in [4.78, 5) is 29.5. The molecule has 1 aromatic heterocycles. The van der Waals surface area contributed by atoms with Gasteiger partial charge in [-0.25, -0.2) is 4.98 Å². The number of nitrogens with zero attached hydrogens (tertiary/aromatic N) is 2. The number of Topliss-reactive ketones (excluding diaryl/α,β-unsaturated/α-hetero) is 1.